The minimum atomic E-state index is -1.24. The Morgan fingerprint density at radius 1 is 1.06 bits per heavy atom. The lowest BCUT2D eigenvalue weighted by atomic mass is 9.87. The molecule has 186 valence electrons. The number of nitrogen functional groups attached to an aromatic ring is 1. The smallest absolute Gasteiger partial charge is 0.321 e. The topological polar surface area (TPSA) is 106 Å². The van der Waals surface area contributed by atoms with E-state index < -0.39 is 11.4 Å². The van der Waals surface area contributed by atoms with Gasteiger partial charge in [-0.25, -0.2) is 0 Å². The summed E-state index contributed by atoms with van der Waals surface area (Å²) >= 11 is 3.43. The molecule has 0 aromatic heterocycles. The number of likely N-dealkylation sites (tertiary alicyclic amines) is 1. The maximum atomic E-state index is 13.3. The molecule has 0 saturated carbocycles. The van der Waals surface area contributed by atoms with Gasteiger partial charge < -0.3 is 20.1 Å². The second-order valence-electron chi connectivity index (χ2n) is 9.07. The number of methoxy groups -OCH3 is 1. The summed E-state index contributed by atoms with van der Waals surface area (Å²) in [4.78, 5) is 27.5. The van der Waals surface area contributed by atoms with E-state index in [1.54, 1.807) is 11.8 Å². The van der Waals surface area contributed by atoms with Crippen LogP contribution in [-0.4, -0.2) is 42.4 Å². The highest BCUT2D eigenvalue weighted by Gasteiger charge is 2.54. The quantitative estimate of drug-likeness (QED) is 0.182. The van der Waals surface area contributed by atoms with Crippen molar-refractivity contribution in [1.82, 2.24) is 4.90 Å². The van der Waals surface area contributed by atoms with Crippen LogP contribution in [0.4, 0.5) is 0 Å². The lowest BCUT2D eigenvalue weighted by molar-refractivity contribution is -0.158. The maximum Gasteiger partial charge on any atom is 0.321 e. The maximum absolute atomic E-state index is 13.3. The zero-order valence-corrected chi connectivity index (χ0v) is 21.7. The normalized spacial score (nSPS) is 19.2. The fourth-order valence-corrected chi connectivity index (χ4v) is 4.73. The molecular formula is C28H28BrN3O4. The second-order valence-corrected chi connectivity index (χ2v) is 9.98. The summed E-state index contributed by atoms with van der Waals surface area (Å²) in [5, 5.41) is 7.52. The molecule has 7 nitrogen and oxygen atoms in total. The van der Waals surface area contributed by atoms with E-state index in [0.29, 0.717) is 24.3 Å². The molecule has 0 radical (unpaired) electrons. The Balaban J connectivity index is 1.48. The van der Waals surface area contributed by atoms with Gasteiger partial charge in [-0.2, -0.15) is 0 Å². The molecule has 1 aliphatic heterocycles. The minimum Gasteiger partial charge on any atom is -0.491 e. The summed E-state index contributed by atoms with van der Waals surface area (Å²) in [6.45, 7) is 2.27. The Labute approximate surface area is 218 Å². The first kappa shape index (κ1) is 25.4. The van der Waals surface area contributed by atoms with E-state index >= 15 is 0 Å². The Bertz CT molecular complexity index is 1260. The molecule has 36 heavy (non-hydrogen) atoms. The molecule has 1 saturated heterocycles. The molecule has 0 bridgehead atoms. The van der Waals surface area contributed by atoms with Crippen molar-refractivity contribution < 1.29 is 19.1 Å². The average molecular weight is 550 g/mol. The third-order valence-electron chi connectivity index (χ3n) is 6.55. The van der Waals surface area contributed by atoms with E-state index in [9.17, 15) is 9.59 Å². The highest BCUT2D eigenvalue weighted by molar-refractivity contribution is 9.10. The van der Waals surface area contributed by atoms with Gasteiger partial charge in [0, 0.05) is 16.6 Å². The minimum absolute atomic E-state index is 0.0353. The van der Waals surface area contributed by atoms with Crippen molar-refractivity contribution >= 4 is 33.6 Å². The molecular weight excluding hydrogens is 522 g/mol. The largest absolute Gasteiger partial charge is 0.491 e. The number of nitrogens with one attached hydrogen (secondary N) is 1. The van der Waals surface area contributed by atoms with Crippen LogP contribution in [0.1, 0.15) is 24.5 Å². The van der Waals surface area contributed by atoms with Gasteiger partial charge in [-0.3, -0.25) is 15.0 Å². The van der Waals surface area contributed by atoms with Crippen LogP contribution in [0.25, 0.3) is 11.1 Å². The Hall–Kier alpha value is -3.65. The molecule has 0 aliphatic carbocycles. The van der Waals surface area contributed by atoms with Crippen molar-refractivity contribution in [1.29, 1.82) is 5.41 Å². The van der Waals surface area contributed by atoms with Gasteiger partial charge in [-0.15, -0.1) is 0 Å². The van der Waals surface area contributed by atoms with E-state index in [1.807, 2.05) is 72.8 Å². The van der Waals surface area contributed by atoms with Crippen molar-refractivity contribution in [2.75, 3.05) is 13.7 Å². The van der Waals surface area contributed by atoms with Crippen LogP contribution in [0.5, 0.6) is 5.75 Å². The van der Waals surface area contributed by atoms with Crippen molar-refractivity contribution in [2.45, 2.75) is 25.9 Å². The number of amidine groups is 1. The number of esters is 1. The van der Waals surface area contributed by atoms with Crippen molar-refractivity contribution in [3.63, 3.8) is 0 Å². The fraction of sp³-hybridized carbons (Fsp3) is 0.250. The summed E-state index contributed by atoms with van der Waals surface area (Å²) < 4.78 is 12.0. The molecule has 3 aromatic rings. The molecule has 4 rings (SSSR count). The molecule has 8 heteroatoms. The first-order valence-corrected chi connectivity index (χ1v) is 12.3. The standard InChI is InChI=1S/C28H28BrN3O4/c1-28(27(34)35-2)15-23(32(26(28)33)16-18-3-11-22(29)12-4-18)17-36-24-13-9-20(10-14-24)19-5-7-21(8-6-19)25(30)31/h3-14,23H,15-17H2,1-2H3,(H3,30,31)/t23-,28-/m0/s1. The molecule has 0 spiro atoms. The van der Waals surface area contributed by atoms with Gasteiger partial charge >= 0.3 is 5.97 Å². The van der Waals surface area contributed by atoms with Crippen molar-refractivity contribution in [3.05, 3.63) is 88.4 Å². The lowest BCUT2D eigenvalue weighted by Crippen LogP contribution is -2.40. The number of carbonyl (C=O) groups is 2. The van der Waals surface area contributed by atoms with E-state index in [4.69, 9.17) is 20.6 Å². The van der Waals surface area contributed by atoms with Crippen LogP contribution < -0.4 is 10.5 Å². The summed E-state index contributed by atoms with van der Waals surface area (Å²) in [5.41, 5.74) is 7.94. The third kappa shape index (κ3) is 5.28. The monoisotopic (exact) mass is 549 g/mol. The third-order valence-corrected chi connectivity index (χ3v) is 7.07. The Kier molecular flexibility index (Phi) is 7.45. The second kappa shape index (κ2) is 10.5. The Morgan fingerprint density at radius 2 is 1.64 bits per heavy atom. The number of nitrogens with two attached hydrogens (primary N) is 1. The van der Waals surface area contributed by atoms with Crippen LogP contribution in [-0.2, 0) is 20.9 Å². The molecule has 3 N–H and O–H groups in total. The van der Waals surface area contributed by atoms with Gasteiger partial charge in [0.1, 0.15) is 23.6 Å². The van der Waals surface area contributed by atoms with Crippen LogP contribution in [0.3, 0.4) is 0 Å². The molecule has 2 atom stereocenters. The number of halogens is 1. The zero-order valence-electron chi connectivity index (χ0n) is 20.2. The van der Waals surface area contributed by atoms with Gasteiger partial charge in [-0.1, -0.05) is 64.5 Å². The van der Waals surface area contributed by atoms with Crippen LogP contribution in [0, 0.1) is 10.8 Å². The first-order valence-electron chi connectivity index (χ1n) is 11.5. The van der Waals surface area contributed by atoms with Gasteiger partial charge in [0.15, 0.2) is 0 Å². The highest BCUT2D eigenvalue weighted by Crippen LogP contribution is 2.38. The summed E-state index contributed by atoms with van der Waals surface area (Å²) in [5.74, 6) is -0.0823. The van der Waals surface area contributed by atoms with Gasteiger partial charge in [-0.05, 0) is 54.3 Å². The number of ether oxygens (including phenoxy) is 2. The van der Waals surface area contributed by atoms with E-state index in [0.717, 1.165) is 21.2 Å². The van der Waals surface area contributed by atoms with E-state index in [-0.39, 0.29) is 24.4 Å². The number of hydrogen-bond acceptors (Lipinski definition) is 5. The number of benzene rings is 3. The van der Waals surface area contributed by atoms with E-state index in [1.165, 1.54) is 7.11 Å². The molecule has 1 amide bonds. The average Bonchev–Trinajstić information content (AvgIpc) is 3.14. The van der Waals surface area contributed by atoms with Crippen molar-refractivity contribution in [3.8, 4) is 16.9 Å². The van der Waals surface area contributed by atoms with Crippen LogP contribution >= 0.6 is 15.9 Å². The fourth-order valence-electron chi connectivity index (χ4n) is 4.46. The van der Waals surface area contributed by atoms with Gasteiger partial charge in [0.05, 0.1) is 13.2 Å². The highest BCUT2D eigenvalue weighted by atomic mass is 79.9. The lowest BCUT2D eigenvalue weighted by Gasteiger charge is -2.25. The molecule has 0 unspecified atom stereocenters. The summed E-state index contributed by atoms with van der Waals surface area (Å²) in [7, 11) is 1.30. The van der Waals surface area contributed by atoms with Crippen LogP contribution in [0.2, 0.25) is 0 Å². The predicted octanol–water partition coefficient (Wildman–Crippen LogP) is 4.76. The number of amides is 1. The van der Waals surface area contributed by atoms with Gasteiger partial charge in [0.25, 0.3) is 0 Å². The van der Waals surface area contributed by atoms with Crippen molar-refractivity contribution in [2.24, 2.45) is 11.1 Å². The number of rotatable bonds is 8. The zero-order chi connectivity index (χ0) is 25.9. The molecule has 3 aromatic carbocycles. The summed E-state index contributed by atoms with van der Waals surface area (Å²) in [6, 6.07) is 22.6. The number of carbonyl (C=O) groups excluding carboxylic acids is 2. The number of hydrogen-bond donors (Lipinski definition) is 2. The molecule has 1 heterocycles. The number of nitrogens with zero attached hydrogens (tertiary/aromatic N) is 1. The Morgan fingerprint density at radius 3 is 2.19 bits per heavy atom. The molecule has 1 fully saturated rings. The van der Waals surface area contributed by atoms with E-state index in [2.05, 4.69) is 15.9 Å². The summed E-state index contributed by atoms with van der Waals surface area (Å²) in [6.07, 6.45) is 0.315. The predicted molar refractivity (Wildman–Crippen MR) is 142 cm³/mol. The SMILES string of the molecule is COC(=O)[C@@]1(C)C[C@@H](COc2ccc(-c3ccc(C(=N)N)cc3)cc2)N(Cc2ccc(Br)cc2)C1=O. The first-order chi connectivity index (χ1) is 17.2. The van der Waals surface area contributed by atoms with Crippen LogP contribution in [0.15, 0.2) is 77.3 Å². The molecule has 1 aliphatic rings. The van der Waals surface area contributed by atoms with Gasteiger partial charge in [0.2, 0.25) is 5.91 Å².